The molecular weight excluding hydrogens is 449 g/mol. The number of halogens is 2. The first-order chi connectivity index (χ1) is 14.6. The van der Waals surface area contributed by atoms with Crippen LogP contribution in [-0.4, -0.2) is 35.4 Å². The number of carbonyl (C=O) groups excluding carboxylic acids is 3. The molecule has 2 amide bonds. The van der Waals surface area contributed by atoms with E-state index in [1.165, 1.54) is 18.2 Å². The average molecular weight is 468 g/mol. The molecule has 0 saturated carbocycles. The lowest BCUT2D eigenvalue weighted by Gasteiger charge is -2.20. The maximum atomic E-state index is 12.5. The van der Waals surface area contributed by atoms with Crippen molar-refractivity contribution in [1.29, 1.82) is 0 Å². The van der Waals surface area contributed by atoms with Gasteiger partial charge in [0.2, 0.25) is 0 Å². The highest BCUT2D eigenvalue weighted by Gasteiger charge is 2.27. The Morgan fingerprint density at radius 3 is 2.45 bits per heavy atom. The fourth-order valence-electron chi connectivity index (χ4n) is 2.51. The minimum atomic E-state index is -1.08. The van der Waals surface area contributed by atoms with Crippen LogP contribution in [0, 0.1) is 16.0 Å². The van der Waals surface area contributed by atoms with Crippen LogP contribution in [0.4, 0.5) is 11.4 Å². The van der Waals surface area contributed by atoms with Gasteiger partial charge in [0, 0.05) is 22.3 Å². The summed E-state index contributed by atoms with van der Waals surface area (Å²) in [5, 5.41) is 16.3. The molecule has 31 heavy (non-hydrogen) atoms. The lowest BCUT2D eigenvalue weighted by atomic mass is 10.0. The first kappa shape index (κ1) is 24.1. The lowest BCUT2D eigenvalue weighted by molar-refractivity contribution is -0.384. The summed E-state index contributed by atoms with van der Waals surface area (Å²) in [6, 6.07) is 8.89. The van der Waals surface area contributed by atoms with E-state index in [1.807, 2.05) is 0 Å². The van der Waals surface area contributed by atoms with Crippen molar-refractivity contribution in [2.24, 2.45) is 5.92 Å². The second kappa shape index (κ2) is 10.7. The molecule has 164 valence electrons. The molecule has 0 aliphatic rings. The minimum absolute atomic E-state index is 0.0479. The number of amides is 2. The zero-order valence-electron chi connectivity index (χ0n) is 16.6. The normalized spacial score (nSPS) is 11.5. The van der Waals surface area contributed by atoms with Crippen LogP contribution in [-0.2, 0) is 14.3 Å². The topological polar surface area (TPSA) is 128 Å². The van der Waals surface area contributed by atoms with Gasteiger partial charge < -0.3 is 15.4 Å². The molecular formula is C20H19Cl2N3O6. The van der Waals surface area contributed by atoms with Crippen molar-refractivity contribution in [3.63, 3.8) is 0 Å². The molecule has 0 unspecified atom stereocenters. The summed E-state index contributed by atoms with van der Waals surface area (Å²) in [4.78, 5) is 47.2. The Labute approximate surface area is 187 Å². The van der Waals surface area contributed by atoms with Crippen molar-refractivity contribution >= 4 is 52.4 Å². The number of hydrogen-bond donors (Lipinski definition) is 2. The van der Waals surface area contributed by atoms with E-state index in [9.17, 15) is 24.5 Å². The van der Waals surface area contributed by atoms with Gasteiger partial charge in [0.25, 0.3) is 17.5 Å². The molecule has 2 N–H and O–H groups in total. The van der Waals surface area contributed by atoms with E-state index in [4.69, 9.17) is 27.9 Å². The molecule has 9 nitrogen and oxygen atoms in total. The maximum absolute atomic E-state index is 12.5. The van der Waals surface area contributed by atoms with E-state index in [0.717, 1.165) is 6.07 Å². The van der Waals surface area contributed by atoms with Crippen LogP contribution in [0.1, 0.15) is 24.2 Å². The zero-order chi connectivity index (χ0) is 23.1. The number of rotatable bonds is 8. The number of carbonyl (C=O) groups is 3. The molecule has 0 aliphatic carbocycles. The van der Waals surface area contributed by atoms with Crippen LogP contribution in [0.15, 0.2) is 42.5 Å². The predicted octanol–water partition coefficient (Wildman–Crippen LogP) is 3.84. The summed E-state index contributed by atoms with van der Waals surface area (Å²) in [5.74, 6) is -2.51. The van der Waals surface area contributed by atoms with Crippen molar-refractivity contribution < 1.29 is 24.0 Å². The summed E-state index contributed by atoms with van der Waals surface area (Å²) in [6.45, 7) is 2.77. The number of ether oxygens (including phenoxy) is 1. The van der Waals surface area contributed by atoms with E-state index in [1.54, 1.807) is 32.0 Å². The van der Waals surface area contributed by atoms with Crippen LogP contribution < -0.4 is 10.6 Å². The quantitative estimate of drug-likeness (QED) is 0.344. The highest BCUT2D eigenvalue weighted by atomic mass is 35.5. The van der Waals surface area contributed by atoms with Gasteiger partial charge >= 0.3 is 5.97 Å². The van der Waals surface area contributed by atoms with Crippen molar-refractivity contribution in [2.45, 2.75) is 19.9 Å². The highest BCUT2D eigenvalue weighted by molar-refractivity contribution is 6.32. The Morgan fingerprint density at radius 1 is 1.13 bits per heavy atom. The highest BCUT2D eigenvalue weighted by Crippen LogP contribution is 2.25. The number of anilines is 1. The monoisotopic (exact) mass is 467 g/mol. The maximum Gasteiger partial charge on any atom is 0.329 e. The number of esters is 1. The smallest absolute Gasteiger partial charge is 0.329 e. The molecule has 0 heterocycles. The fourth-order valence-corrected chi connectivity index (χ4v) is 2.88. The van der Waals surface area contributed by atoms with Gasteiger partial charge in [-0.2, -0.15) is 0 Å². The van der Waals surface area contributed by atoms with Crippen LogP contribution in [0.3, 0.4) is 0 Å². The predicted molar refractivity (Wildman–Crippen MR) is 115 cm³/mol. The third-order valence-corrected chi connectivity index (χ3v) is 4.62. The van der Waals surface area contributed by atoms with Gasteiger partial charge in [-0.25, -0.2) is 4.79 Å². The van der Waals surface area contributed by atoms with E-state index >= 15 is 0 Å². The summed E-state index contributed by atoms with van der Waals surface area (Å²) in [6.07, 6.45) is 0. The minimum Gasteiger partial charge on any atom is -0.454 e. The van der Waals surface area contributed by atoms with Gasteiger partial charge in [-0.3, -0.25) is 19.7 Å². The molecule has 2 aromatic rings. The van der Waals surface area contributed by atoms with Gasteiger partial charge in [-0.1, -0.05) is 43.1 Å². The van der Waals surface area contributed by atoms with E-state index in [0.29, 0.717) is 10.7 Å². The molecule has 1 atom stereocenters. The first-order valence-electron chi connectivity index (χ1n) is 9.05. The first-order valence-corrected chi connectivity index (χ1v) is 9.81. The van der Waals surface area contributed by atoms with Gasteiger partial charge in [0.15, 0.2) is 6.61 Å². The Balaban J connectivity index is 2.00. The molecule has 2 aromatic carbocycles. The third-order valence-electron chi connectivity index (χ3n) is 4.07. The molecule has 0 spiro atoms. The molecule has 0 aliphatic heterocycles. The Hall–Kier alpha value is -3.17. The summed E-state index contributed by atoms with van der Waals surface area (Å²) >= 11 is 11.6. The van der Waals surface area contributed by atoms with Crippen molar-refractivity contribution in [1.82, 2.24) is 5.32 Å². The van der Waals surface area contributed by atoms with Crippen molar-refractivity contribution in [3.8, 4) is 0 Å². The standard InChI is InChI=1S/C20H19Cl2N3O6/c1-11(2)18(24-19(27)12-6-7-15(22)16(8-12)25(29)30)20(28)31-10-17(26)23-14-5-3-4-13(21)9-14/h3-9,11,18H,10H2,1-2H3,(H,23,26)(H,24,27)/t18-/m0/s1. The van der Waals surface area contributed by atoms with Crippen molar-refractivity contribution in [3.05, 3.63) is 68.2 Å². The lowest BCUT2D eigenvalue weighted by Crippen LogP contribution is -2.46. The Bertz CT molecular complexity index is 1010. The number of hydrogen-bond acceptors (Lipinski definition) is 6. The Kier molecular flexibility index (Phi) is 8.35. The number of nitro benzene ring substituents is 1. The SMILES string of the molecule is CC(C)[C@H](NC(=O)c1ccc(Cl)c([N+](=O)[O-])c1)C(=O)OCC(=O)Nc1cccc(Cl)c1. The van der Waals surface area contributed by atoms with Crippen LogP contribution in [0.25, 0.3) is 0 Å². The molecule has 0 radical (unpaired) electrons. The molecule has 0 aromatic heterocycles. The second-order valence-electron chi connectivity index (χ2n) is 6.78. The van der Waals surface area contributed by atoms with Crippen LogP contribution in [0.2, 0.25) is 10.0 Å². The van der Waals surface area contributed by atoms with Gasteiger partial charge in [-0.05, 0) is 36.2 Å². The molecule has 0 saturated heterocycles. The summed E-state index contributed by atoms with van der Waals surface area (Å²) < 4.78 is 5.02. The van der Waals surface area contributed by atoms with E-state index in [-0.39, 0.29) is 16.5 Å². The summed E-state index contributed by atoms with van der Waals surface area (Å²) in [5.41, 5.74) is -0.0458. The number of nitro groups is 1. The van der Waals surface area contributed by atoms with Gasteiger partial charge in [-0.15, -0.1) is 0 Å². The largest absolute Gasteiger partial charge is 0.454 e. The Morgan fingerprint density at radius 2 is 1.84 bits per heavy atom. The van der Waals surface area contributed by atoms with Crippen LogP contribution >= 0.6 is 23.2 Å². The average Bonchev–Trinajstić information content (AvgIpc) is 2.70. The summed E-state index contributed by atoms with van der Waals surface area (Å²) in [7, 11) is 0. The number of nitrogens with zero attached hydrogens (tertiary/aromatic N) is 1. The molecule has 0 fully saturated rings. The number of benzene rings is 2. The number of nitrogens with one attached hydrogen (secondary N) is 2. The van der Waals surface area contributed by atoms with E-state index in [2.05, 4.69) is 10.6 Å². The van der Waals surface area contributed by atoms with Gasteiger partial charge in [0.1, 0.15) is 11.1 Å². The van der Waals surface area contributed by atoms with Crippen molar-refractivity contribution in [2.75, 3.05) is 11.9 Å². The second-order valence-corrected chi connectivity index (χ2v) is 7.63. The van der Waals surface area contributed by atoms with Crippen LogP contribution in [0.5, 0.6) is 0 Å². The fraction of sp³-hybridized carbons (Fsp3) is 0.250. The third kappa shape index (κ3) is 6.94. The molecule has 11 heteroatoms. The van der Waals surface area contributed by atoms with Gasteiger partial charge in [0.05, 0.1) is 4.92 Å². The zero-order valence-corrected chi connectivity index (χ0v) is 18.1. The molecule has 0 bridgehead atoms. The molecule has 2 rings (SSSR count). The van der Waals surface area contributed by atoms with E-state index < -0.39 is 41.0 Å².